The molecule has 0 amide bonds. The van der Waals surface area contributed by atoms with Gasteiger partial charge >= 0.3 is 5.97 Å². The Morgan fingerprint density at radius 1 is 1.43 bits per heavy atom. The minimum absolute atomic E-state index is 0.609. The zero-order chi connectivity index (χ0) is 10.1. The molecular formula is C10H12O3S. The lowest BCUT2D eigenvalue weighted by Gasteiger charge is -2.13. The summed E-state index contributed by atoms with van der Waals surface area (Å²) in [5.74, 6) is -1.16. The van der Waals surface area contributed by atoms with E-state index in [-0.39, 0.29) is 0 Å². The Morgan fingerprint density at radius 3 is 2.86 bits per heavy atom. The van der Waals surface area contributed by atoms with Gasteiger partial charge in [-0.1, -0.05) is 0 Å². The second kappa shape index (κ2) is 3.71. The van der Waals surface area contributed by atoms with E-state index in [0.29, 0.717) is 5.56 Å². The van der Waals surface area contributed by atoms with E-state index in [4.69, 9.17) is 5.11 Å². The smallest absolute Gasteiger partial charge is 0.337 e. The number of carboxylic acids is 1. The standard InChI is InChI=1S/C10H12O3S/c11-9(10(12)13)7-5-14-8-4-2-1-3-6(7)8/h5,9,11H,1-4H2,(H,12,13). The average Bonchev–Trinajstić information content (AvgIpc) is 2.60. The quantitative estimate of drug-likeness (QED) is 0.785. The zero-order valence-electron chi connectivity index (χ0n) is 7.69. The molecule has 0 bridgehead atoms. The van der Waals surface area contributed by atoms with Crippen LogP contribution in [0.5, 0.6) is 0 Å². The van der Waals surface area contributed by atoms with Gasteiger partial charge in [0, 0.05) is 10.4 Å². The van der Waals surface area contributed by atoms with Gasteiger partial charge in [0.1, 0.15) is 0 Å². The van der Waals surface area contributed by atoms with E-state index >= 15 is 0 Å². The van der Waals surface area contributed by atoms with Crippen molar-refractivity contribution in [3.63, 3.8) is 0 Å². The van der Waals surface area contributed by atoms with Crippen LogP contribution in [0.2, 0.25) is 0 Å². The summed E-state index contributed by atoms with van der Waals surface area (Å²) in [5.41, 5.74) is 1.69. The fraction of sp³-hybridized carbons (Fsp3) is 0.500. The van der Waals surface area contributed by atoms with Crippen LogP contribution in [0.4, 0.5) is 0 Å². The van der Waals surface area contributed by atoms with Gasteiger partial charge in [0.2, 0.25) is 0 Å². The Kier molecular flexibility index (Phi) is 2.56. The minimum Gasteiger partial charge on any atom is -0.479 e. The molecule has 1 aromatic heterocycles. The highest BCUT2D eigenvalue weighted by molar-refractivity contribution is 7.10. The minimum atomic E-state index is -1.34. The highest BCUT2D eigenvalue weighted by Gasteiger charge is 2.24. The molecule has 76 valence electrons. The van der Waals surface area contributed by atoms with Crippen LogP contribution in [0.3, 0.4) is 0 Å². The number of aliphatic carboxylic acids is 1. The SMILES string of the molecule is O=C(O)C(O)c1csc2c1CCCC2. The predicted octanol–water partition coefficient (Wildman–Crippen LogP) is 1.74. The van der Waals surface area contributed by atoms with Crippen molar-refractivity contribution >= 4 is 17.3 Å². The molecule has 1 aliphatic rings. The number of aliphatic hydroxyl groups is 1. The van der Waals surface area contributed by atoms with Gasteiger partial charge < -0.3 is 10.2 Å². The van der Waals surface area contributed by atoms with Gasteiger partial charge in [-0.05, 0) is 36.6 Å². The average molecular weight is 212 g/mol. The predicted molar refractivity (Wildman–Crippen MR) is 53.6 cm³/mol. The molecule has 0 spiro atoms. The van der Waals surface area contributed by atoms with Crippen LogP contribution < -0.4 is 0 Å². The molecule has 0 aromatic carbocycles. The lowest BCUT2D eigenvalue weighted by molar-refractivity contribution is -0.146. The highest BCUT2D eigenvalue weighted by Crippen LogP contribution is 2.33. The third-order valence-corrected chi connectivity index (χ3v) is 3.73. The fourth-order valence-corrected chi connectivity index (χ4v) is 3.05. The van der Waals surface area contributed by atoms with E-state index in [1.165, 1.54) is 11.3 Å². The first kappa shape index (κ1) is 9.68. The Bertz CT molecular complexity index is 356. The summed E-state index contributed by atoms with van der Waals surface area (Å²) in [6.45, 7) is 0. The highest BCUT2D eigenvalue weighted by atomic mass is 32.1. The summed E-state index contributed by atoms with van der Waals surface area (Å²) >= 11 is 1.57. The van der Waals surface area contributed by atoms with Gasteiger partial charge in [0.25, 0.3) is 0 Å². The summed E-state index contributed by atoms with van der Waals surface area (Å²) in [5, 5.41) is 19.9. The Labute approximate surface area is 86.0 Å². The summed E-state index contributed by atoms with van der Waals surface area (Å²) in [6, 6.07) is 0. The number of carbonyl (C=O) groups is 1. The molecule has 0 saturated carbocycles. The van der Waals surface area contributed by atoms with Crippen LogP contribution in [0.1, 0.15) is 34.9 Å². The van der Waals surface area contributed by atoms with Crippen LogP contribution >= 0.6 is 11.3 Å². The molecule has 2 rings (SSSR count). The van der Waals surface area contributed by atoms with Crippen molar-refractivity contribution in [2.24, 2.45) is 0 Å². The number of hydrogen-bond acceptors (Lipinski definition) is 3. The molecule has 3 nitrogen and oxygen atoms in total. The maximum atomic E-state index is 10.6. The van der Waals surface area contributed by atoms with E-state index in [2.05, 4.69) is 0 Å². The van der Waals surface area contributed by atoms with Crippen molar-refractivity contribution in [3.8, 4) is 0 Å². The van der Waals surface area contributed by atoms with Gasteiger partial charge in [-0.25, -0.2) is 4.79 Å². The van der Waals surface area contributed by atoms with Crippen molar-refractivity contribution < 1.29 is 15.0 Å². The van der Waals surface area contributed by atoms with Crippen molar-refractivity contribution in [1.29, 1.82) is 0 Å². The fourth-order valence-electron chi connectivity index (χ4n) is 1.88. The number of hydrogen-bond donors (Lipinski definition) is 2. The van der Waals surface area contributed by atoms with Crippen molar-refractivity contribution in [2.75, 3.05) is 0 Å². The van der Waals surface area contributed by atoms with Gasteiger partial charge in [-0.15, -0.1) is 11.3 Å². The number of aryl methyl sites for hydroxylation is 1. The molecule has 0 saturated heterocycles. The number of fused-ring (bicyclic) bond motifs is 1. The van der Waals surface area contributed by atoms with Crippen LogP contribution in [0.25, 0.3) is 0 Å². The Balaban J connectivity index is 2.34. The molecule has 2 N–H and O–H groups in total. The first-order valence-electron chi connectivity index (χ1n) is 4.70. The lowest BCUT2D eigenvalue weighted by atomic mass is 9.94. The molecule has 1 heterocycles. The summed E-state index contributed by atoms with van der Waals surface area (Å²) < 4.78 is 0. The van der Waals surface area contributed by atoms with E-state index in [1.807, 2.05) is 0 Å². The molecule has 1 aromatic rings. The second-order valence-corrected chi connectivity index (χ2v) is 4.50. The van der Waals surface area contributed by atoms with Crippen LogP contribution in [-0.4, -0.2) is 16.2 Å². The zero-order valence-corrected chi connectivity index (χ0v) is 8.51. The normalized spacial score (nSPS) is 17.5. The molecule has 0 fully saturated rings. The maximum absolute atomic E-state index is 10.6. The first-order valence-corrected chi connectivity index (χ1v) is 5.58. The van der Waals surface area contributed by atoms with E-state index in [1.54, 1.807) is 16.7 Å². The molecule has 1 atom stereocenters. The molecule has 1 aliphatic carbocycles. The van der Waals surface area contributed by atoms with E-state index in [0.717, 1.165) is 24.8 Å². The molecule has 1 unspecified atom stereocenters. The number of aliphatic hydroxyl groups excluding tert-OH is 1. The third-order valence-electron chi connectivity index (χ3n) is 2.62. The largest absolute Gasteiger partial charge is 0.479 e. The number of rotatable bonds is 2. The van der Waals surface area contributed by atoms with Gasteiger partial charge in [-0.3, -0.25) is 0 Å². The monoisotopic (exact) mass is 212 g/mol. The summed E-state index contributed by atoms with van der Waals surface area (Å²) in [4.78, 5) is 11.9. The molecule has 0 radical (unpaired) electrons. The lowest BCUT2D eigenvalue weighted by Crippen LogP contribution is -2.12. The molecule has 14 heavy (non-hydrogen) atoms. The van der Waals surface area contributed by atoms with Crippen molar-refractivity contribution in [1.82, 2.24) is 0 Å². The summed E-state index contributed by atoms with van der Waals surface area (Å²) in [6.07, 6.45) is 2.89. The van der Waals surface area contributed by atoms with Gasteiger partial charge in [-0.2, -0.15) is 0 Å². The number of thiophene rings is 1. The van der Waals surface area contributed by atoms with E-state index in [9.17, 15) is 9.90 Å². The summed E-state index contributed by atoms with van der Waals surface area (Å²) in [7, 11) is 0. The van der Waals surface area contributed by atoms with Crippen molar-refractivity contribution in [2.45, 2.75) is 31.8 Å². The van der Waals surface area contributed by atoms with Crippen molar-refractivity contribution in [3.05, 3.63) is 21.4 Å². The van der Waals surface area contributed by atoms with Gasteiger partial charge in [0.15, 0.2) is 6.10 Å². The van der Waals surface area contributed by atoms with Gasteiger partial charge in [0.05, 0.1) is 0 Å². The molecule has 4 heteroatoms. The topological polar surface area (TPSA) is 57.5 Å². The molecular weight excluding hydrogens is 200 g/mol. The Morgan fingerprint density at radius 2 is 2.14 bits per heavy atom. The van der Waals surface area contributed by atoms with Crippen LogP contribution in [-0.2, 0) is 17.6 Å². The Hall–Kier alpha value is -0.870. The first-order chi connectivity index (χ1) is 6.70. The third kappa shape index (κ3) is 1.55. The van der Waals surface area contributed by atoms with Crippen LogP contribution in [0, 0.1) is 0 Å². The number of carboxylic acid groups (broad SMARTS) is 1. The molecule has 0 aliphatic heterocycles. The maximum Gasteiger partial charge on any atom is 0.337 e. The second-order valence-electron chi connectivity index (χ2n) is 3.54. The van der Waals surface area contributed by atoms with Crippen LogP contribution in [0.15, 0.2) is 5.38 Å². The van der Waals surface area contributed by atoms with E-state index < -0.39 is 12.1 Å².